The van der Waals surface area contributed by atoms with Crippen molar-refractivity contribution in [1.29, 1.82) is 0 Å². The Morgan fingerprint density at radius 1 is 0.952 bits per heavy atom. The Hall–Kier alpha value is -1.10. The maximum Gasteiger partial charge on any atom is 0.137 e. The van der Waals surface area contributed by atoms with Crippen LogP contribution in [0.3, 0.4) is 0 Å². The van der Waals surface area contributed by atoms with Crippen LogP contribution in [0.15, 0.2) is 24.3 Å². The van der Waals surface area contributed by atoms with Gasteiger partial charge in [-0.3, -0.25) is 0 Å². The molecule has 0 aliphatic carbocycles. The summed E-state index contributed by atoms with van der Waals surface area (Å²) in [5.41, 5.74) is 1.26. The van der Waals surface area contributed by atoms with Crippen molar-refractivity contribution in [3.8, 4) is 5.75 Å². The van der Waals surface area contributed by atoms with Gasteiger partial charge in [0.15, 0.2) is 0 Å². The molecule has 120 valence electrons. The second-order valence-electron chi connectivity index (χ2n) is 6.46. The van der Waals surface area contributed by atoms with E-state index in [2.05, 4.69) is 52.1 Å². The number of ether oxygens (including phenoxy) is 2. The van der Waals surface area contributed by atoms with E-state index in [0.29, 0.717) is 0 Å². The first-order valence-corrected chi connectivity index (χ1v) is 7.63. The molecule has 0 heterocycles. The largest absolute Gasteiger partial charge is 0.488 e. The van der Waals surface area contributed by atoms with Gasteiger partial charge in [0.05, 0.1) is 27.3 Å². The fourth-order valence-corrected chi connectivity index (χ4v) is 1.82. The van der Waals surface area contributed by atoms with Crippen LogP contribution in [-0.4, -0.2) is 77.0 Å². The van der Waals surface area contributed by atoms with Crippen molar-refractivity contribution in [3.05, 3.63) is 29.8 Å². The molecule has 0 aliphatic rings. The zero-order chi connectivity index (χ0) is 15.7. The molecule has 0 atom stereocenters. The Morgan fingerprint density at radius 3 is 2.19 bits per heavy atom. The van der Waals surface area contributed by atoms with Crippen LogP contribution in [0.25, 0.3) is 0 Å². The first-order chi connectivity index (χ1) is 9.89. The summed E-state index contributed by atoms with van der Waals surface area (Å²) in [6, 6.07) is 8.21. The summed E-state index contributed by atoms with van der Waals surface area (Å²) >= 11 is 0. The molecule has 0 saturated heterocycles. The van der Waals surface area contributed by atoms with Gasteiger partial charge in [-0.05, 0) is 33.2 Å². The van der Waals surface area contributed by atoms with Crippen molar-refractivity contribution in [2.45, 2.75) is 6.92 Å². The van der Waals surface area contributed by atoms with Crippen LogP contribution in [0.1, 0.15) is 5.56 Å². The predicted molar refractivity (Wildman–Crippen MR) is 87.9 cm³/mol. The molecule has 21 heavy (non-hydrogen) atoms. The van der Waals surface area contributed by atoms with Crippen LogP contribution in [0, 0.1) is 6.92 Å². The zero-order valence-corrected chi connectivity index (χ0v) is 14.3. The van der Waals surface area contributed by atoms with E-state index in [1.165, 1.54) is 5.56 Å². The summed E-state index contributed by atoms with van der Waals surface area (Å²) in [5.74, 6) is 0.947. The topological polar surface area (TPSA) is 21.7 Å². The quantitative estimate of drug-likeness (QED) is 0.487. The minimum Gasteiger partial charge on any atom is -0.488 e. The molecule has 0 aromatic heterocycles. The van der Waals surface area contributed by atoms with Gasteiger partial charge in [0.1, 0.15) is 25.4 Å². The molecule has 4 nitrogen and oxygen atoms in total. The molecule has 4 heteroatoms. The molecule has 0 bridgehead atoms. The molecule has 0 N–H and O–H groups in total. The predicted octanol–water partition coefficient (Wildman–Crippen LogP) is 2.03. The standard InChI is InChI=1S/C17H31N2O2/c1-16-6-8-17(9-7-16)21-15-12-19(4,5)11-14-20-13-10-18(2)3/h6-9H,10-15H2,1-5H3/q+1. The molecular formula is C17H31N2O2+. The number of hydrogen-bond acceptors (Lipinski definition) is 3. The Kier molecular flexibility index (Phi) is 7.72. The molecule has 0 aliphatic heterocycles. The highest BCUT2D eigenvalue weighted by molar-refractivity contribution is 5.26. The van der Waals surface area contributed by atoms with E-state index < -0.39 is 0 Å². The van der Waals surface area contributed by atoms with E-state index >= 15 is 0 Å². The van der Waals surface area contributed by atoms with Crippen LogP contribution in [0.2, 0.25) is 0 Å². The number of quaternary nitrogens is 1. The number of nitrogens with zero attached hydrogens (tertiary/aromatic N) is 2. The molecule has 1 aromatic carbocycles. The normalized spacial score (nSPS) is 11.9. The highest BCUT2D eigenvalue weighted by Gasteiger charge is 2.14. The third-order valence-electron chi connectivity index (χ3n) is 3.51. The molecule has 0 fully saturated rings. The monoisotopic (exact) mass is 295 g/mol. The molecule has 1 aromatic rings. The van der Waals surface area contributed by atoms with Gasteiger partial charge in [-0.25, -0.2) is 0 Å². The van der Waals surface area contributed by atoms with Gasteiger partial charge in [0.25, 0.3) is 0 Å². The van der Waals surface area contributed by atoms with Gasteiger partial charge in [-0.1, -0.05) is 17.7 Å². The third-order valence-corrected chi connectivity index (χ3v) is 3.51. The molecule has 0 radical (unpaired) electrons. The minimum absolute atomic E-state index is 0.730. The van der Waals surface area contributed by atoms with E-state index in [1.807, 2.05) is 12.1 Å². The maximum absolute atomic E-state index is 5.79. The van der Waals surface area contributed by atoms with Gasteiger partial charge in [0.2, 0.25) is 0 Å². The van der Waals surface area contributed by atoms with Gasteiger partial charge in [0, 0.05) is 6.54 Å². The van der Waals surface area contributed by atoms with Crippen molar-refractivity contribution >= 4 is 0 Å². The van der Waals surface area contributed by atoms with Crippen LogP contribution in [0.5, 0.6) is 5.75 Å². The average Bonchev–Trinajstić information content (AvgIpc) is 2.40. The zero-order valence-electron chi connectivity index (χ0n) is 14.3. The van der Waals surface area contributed by atoms with Crippen molar-refractivity contribution in [2.24, 2.45) is 0 Å². The lowest BCUT2D eigenvalue weighted by atomic mass is 10.2. The van der Waals surface area contributed by atoms with E-state index in [1.54, 1.807) is 0 Å². The van der Waals surface area contributed by atoms with Crippen LogP contribution in [0.4, 0.5) is 0 Å². The lowest BCUT2D eigenvalue weighted by Crippen LogP contribution is -2.45. The lowest BCUT2D eigenvalue weighted by Gasteiger charge is -2.29. The SMILES string of the molecule is Cc1ccc(OCC[N+](C)(C)CCOCCN(C)C)cc1. The average molecular weight is 295 g/mol. The Balaban J connectivity index is 2.15. The van der Waals surface area contributed by atoms with Gasteiger partial charge in [-0.15, -0.1) is 0 Å². The Morgan fingerprint density at radius 2 is 1.57 bits per heavy atom. The van der Waals surface area contributed by atoms with Crippen molar-refractivity contribution in [3.63, 3.8) is 0 Å². The molecule has 0 unspecified atom stereocenters. The van der Waals surface area contributed by atoms with Crippen molar-refractivity contribution in [1.82, 2.24) is 4.90 Å². The first-order valence-electron chi connectivity index (χ1n) is 7.63. The second kappa shape index (κ2) is 9.03. The van der Waals surface area contributed by atoms with E-state index in [0.717, 1.165) is 49.7 Å². The van der Waals surface area contributed by atoms with E-state index in [4.69, 9.17) is 9.47 Å². The molecule has 0 saturated carbocycles. The van der Waals surface area contributed by atoms with Crippen molar-refractivity contribution < 1.29 is 14.0 Å². The van der Waals surface area contributed by atoms with E-state index in [-0.39, 0.29) is 0 Å². The molecule has 0 spiro atoms. The summed E-state index contributed by atoms with van der Waals surface area (Å²) in [6.45, 7) is 7.37. The molecular weight excluding hydrogens is 264 g/mol. The smallest absolute Gasteiger partial charge is 0.137 e. The lowest BCUT2D eigenvalue weighted by molar-refractivity contribution is -0.890. The van der Waals surface area contributed by atoms with E-state index in [9.17, 15) is 0 Å². The minimum atomic E-state index is 0.730. The highest BCUT2D eigenvalue weighted by Crippen LogP contribution is 2.11. The number of likely N-dealkylation sites (N-methyl/N-ethyl adjacent to an activating group) is 2. The highest BCUT2D eigenvalue weighted by atomic mass is 16.5. The van der Waals surface area contributed by atoms with Crippen LogP contribution >= 0.6 is 0 Å². The maximum atomic E-state index is 5.79. The van der Waals surface area contributed by atoms with Gasteiger partial charge in [-0.2, -0.15) is 0 Å². The van der Waals surface area contributed by atoms with Crippen LogP contribution < -0.4 is 4.74 Å². The number of benzene rings is 1. The Bertz CT molecular complexity index is 388. The number of hydrogen-bond donors (Lipinski definition) is 0. The van der Waals surface area contributed by atoms with Crippen molar-refractivity contribution in [2.75, 3.05) is 67.6 Å². The van der Waals surface area contributed by atoms with Crippen LogP contribution in [-0.2, 0) is 4.74 Å². The summed E-state index contributed by atoms with van der Waals surface area (Å²) < 4.78 is 12.4. The molecule has 0 amide bonds. The summed E-state index contributed by atoms with van der Waals surface area (Å²) in [7, 11) is 8.55. The first kappa shape index (κ1) is 18.0. The van der Waals surface area contributed by atoms with Gasteiger partial charge >= 0.3 is 0 Å². The number of aryl methyl sites for hydroxylation is 1. The fraction of sp³-hybridized carbons (Fsp3) is 0.647. The Labute approximate surface area is 129 Å². The van der Waals surface area contributed by atoms with Gasteiger partial charge < -0.3 is 18.9 Å². The second-order valence-corrected chi connectivity index (χ2v) is 6.46. The summed E-state index contributed by atoms with van der Waals surface area (Å²) in [6.07, 6.45) is 0. The fourth-order valence-electron chi connectivity index (χ4n) is 1.82. The number of rotatable bonds is 10. The summed E-state index contributed by atoms with van der Waals surface area (Å²) in [4.78, 5) is 2.13. The summed E-state index contributed by atoms with van der Waals surface area (Å²) in [5, 5.41) is 0. The third kappa shape index (κ3) is 8.71. The molecule has 1 rings (SSSR count).